The molecule has 0 saturated heterocycles. The van der Waals surface area contributed by atoms with Gasteiger partial charge in [-0.05, 0) is 68.2 Å². The number of likely N-dealkylation sites (N-methyl/N-ethyl adjacent to an activating group) is 2. The average molecular weight is 447 g/mol. The van der Waals surface area contributed by atoms with E-state index in [9.17, 15) is 9.59 Å². The summed E-state index contributed by atoms with van der Waals surface area (Å²) in [6.07, 6.45) is 1.59. The predicted octanol–water partition coefficient (Wildman–Crippen LogP) is 3.85. The van der Waals surface area contributed by atoms with E-state index in [1.807, 2.05) is 69.5 Å². The number of amides is 2. The van der Waals surface area contributed by atoms with Crippen molar-refractivity contribution in [1.29, 1.82) is 0 Å². The van der Waals surface area contributed by atoms with E-state index in [4.69, 9.17) is 9.05 Å². The molecule has 178 valence electrons. The van der Waals surface area contributed by atoms with Crippen LogP contribution in [0, 0.1) is 27.7 Å². The first kappa shape index (κ1) is 25.6. The Morgan fingerprint density at radius 1 is 0.719 bits per heavy atom. The second kappa shape index (κ2) is 9.46. The predicted molar refractivity (Wildman–Crippen MR) is 123 cm³/mol. The van der Waals surface area contributed by atoms with E-state index in [1.165, 1.54) is 0 Å². The number of hydrogen-bond acceptors (Lipinski definition) is 6. The van der Waals surface area contributed by atoms with Gasteiger partial charge in [0.1, 0.15) is 11.5 Å². The van der Waals surface area contributed by atoms with Crippen molar-refractivity contribution in [3.05, 3.63) is 34.0 Å². The lowest BCUT2D eigenvalue weighted by Crippen LogP contribution is -2.43. The summed E-state index contributed by atoms with van der Waals surface area (Å²) in [6, 6.07) is 0. The molecule has 0 unspecified atom stereocenters. The molecule has 0 saturated carbocycles. The molecule has 0 fully saturated rings. The summed E-state index contributed by atoms with van der Waals surface area (Å²) in [5.74, 6) is 1.40. The highest BCUT2D eigenvalue weighted by Gasteiger charge is 2.38. The Morgan fingerprint density at radius 3 is 1.28 bits per heavy atom. The molecular weight excluding hydrogens is 408 g/mol. The van der Waals surface area contributed by atoms with Crippen LogP contribution >= 0.6 is 0 Å². The molecule has 0 aliphatic heterocycles. The molecule has 0 aliphatic rings. The summed E-state index contributed by atoms with van der Waals surface area (Å²) in [5.41, 5.74) is 1.76. The summed E-state index contributed by atoms with van der Waals surface area (Å²) in [5, 5.41) is 7.98. The van der Waals surface area contributed by atoms with Crippen molar-refractivity contribution in [2.45, 2.75) is 79.1 Å². The molecule has 0 aliphatic carbocycles. The molecular formula is C24H38N4O4. The SMILES string of the molecule is Cc1noc(C)c1C(C)(C)C(=O)N(C)CCCCN(C)C(=O)C(C)(C)c1c(C)noc1C. The Morgan fingerprint density at radius 2 is 1.03 bits per heavy atom. The minimum Gasteiger partial charge on any atom is -0.361 e. The van der Waals surface area contributed by atoms with E-state index in [2.05, 4.69) is 10.3 Å². The Hall–Kier alpha value is -2.64. The minimum atomic E-state index is -0.714. The van der Waals surface area contributed by atoms with Crippen LogP contribution in [0.5, 0.6) is 0 Å². The fourth-order valence-corrected chi connectivity index (χ4v) is 4.82. The zero-order valence-corrected chi connectivity index (χ0v) is 21.3. The second-order valence-corrected chi connectivity index (χ2v) is 9.81. The van der Waals surface area contributed by atoms with Crippen molar-refractivity contribution in [3.8, 4) is 0 Å². The Kier molecular flexibility index (Phi) is 7.58. The molecule has 0 spiro atoms. The third kappa shape index (κ3) is 4.89. The number of hydrogen-bond donors (Lipinski definition) is 0. The van der Waals surface area contributed by atoms with Crippen molar-refractivity contribution in [1.82, 2.24) is 20.1 Å². The Labute approximate surface area is 191 Å². The molecule has 32 heavy (non-hydrogen) atoms. The third-order valence-corrected chi connectivity index (χ3v) is 6.32. The van der Waals surface area contributed by atoms with Gasteiger partial charge < -0.3 is 18.8 Å². The number of aromatic nitrogens is 2. The van der Waals surface area contributed by atoms with Gasteiger partial charge in [0.15, 0.2) is 0 Å². The number of nitrogens with zero attached hydrogens (tertiary/aromatic N) is 4. The van der Waals surface area contributed by atoms with E-state index >= 15 is 0 Å². The van der Waals surface area contributed by atoms with Crippen LogP contribution in [0.4, 0.5) is 0 Å². The first-order valence-electron chi connectivity index (χ1n) is 11.1. The Bertz CT molecular complexity index is 854. The van der Waals surface area contributed by atoms with E-state index in [1.54, 1.807) is 9.80 Å². The maximum atomic E-state index is 13.1. The molecule has 2 aromatic rings. The van der Waals surface area contributed by atoms with Crippen molar-refractivity contribution in [2.24, 2.45) is 0 Å². The van der Waals surface area contributed by atoms with Gasteiger partial charge in [-0.3, -0.25) is 9.59 Å². The summed E-state index contributed by atoms with van der Waals surface area (Å²) in [4.78, 5) is 29.7. The molecule has 8 nitrogen and oxygen atoms in total. The fraction of sp³-hybridized carbons (Fsp3) is 0.667. The zero-order chi connectivity index (χ0) is 24.4. The Balaban J connectivity index is 1.91. The number of unbranched alkanes of at least 4 members (excludes halogenated alkanes) is 1. The molecule has 2 amide bonds. The number of carbonyl (C=O) groups excluding carboxylic acids is 2. The highest BCUT2D eigenvalue weighted by Crippen LogP contribution is 2.32. The van der Waals surface area contributed by atoms with Gasteiger partial charge in [-0.15, -0.1) is 0 Å². The molecule has 0 bridgehead atoms. The molecule has 0 N–H and O–H groups in total. The first-order valence-corrected chi connectivity index (χ1v) is 11.1. The van der Waals surface area contributed by atoms with Crippen LogP contribution in [0.15, 0.2) is 9.05 Å². The smallest absolute Gasteiger partial charge is 0.232 e. The minimum absolute atomic E-state index is 0.0240. The normalized spacial score (nSPS) is 12.2. The highest BCUT2D eigenvalue weighted by molar-refractivity contribution is 5.88. The molecule has 0 radical (unpaired) electrons. The van der Waals surface area contributed by atoms with Crippen LogP contribution in [-0.2, 0) is 20.4 Å². The van der Waals surface area contributed by atoms with Crippen molar-refractivity contribution >= 4 is 11.8 Å². The largest absolute Gasteiger partial charge is 0.361 e. The molecule has 2 aromatic heterocycles. The lowest BCUT2D eigenvalue weighted by atomic mass is 9.82. The highest BCUT2D eigenvalue weighted by atomic mass is 16.5. The third-order valence-electron chi connectivity index (χ3n) is 6.32. The first-order chi connectivity index (χ1) is 14.7. The lowest BCUT2D eigenvalue weighted by Gasteiger charge is -2.31. The van der Waals surface area contributed by atoms with E-state index in [-0.39, 0.29) is 11.8 Å². The van der Waals surface area contributed by atoms with Gasteiger partial charge >= 0.3 is 0 Å². The summed E-state index contributed by atoms with van der Waals surface area (Å²) in [6.45, 7) is 16.2. The van der Waals surface area contributed by atoms with Crippen molar-refractivity contribution in [3.63, 3.8) is 0 Å². The van der Waals surface area contributed by atoms with Crippen LogP contribution in [0.25, 0.3) is 0 Å². The van der Waals surface area contributed by atoms with Crippen LogP contribution < -0.4 is 0 Å². The van der Waals surface area contributed by atoms with E-state index in [0.717, 1.165) is 35.4 Å². The van der Waals surface area contributed by atoms with Gasteiger partial charge in [-0.25, -0.2) is 0 Å². The van der Waals surface area contributed by atoms with Crippen LogP contribution in [-0.4, -0.2) is 59.1 Å². The maximum absolute atomic E-state index is 13.1. The van der Waals surface area contributed by atoms with Crippen molar-refractivity contribution < 1.29 is 18.6 Å². The van der Waals surface area contributed by atoms with Gasteiger partial charge in [0.25, 0.3) is 0 Å². The van der Waals surface area contributed by atoms with Gasteiger partial charge in [0, 0.05) is 38.3 Å². The molecule has 0 atom stereocenters. The van der Waals surface area contributed by atoms with E-state index < -0.39 is 10.8 Å². The summed E-state index contributed by atoms with van der Waals surface area (Å²) in [7, 11) is 3.63. The molecule has 0 aromatic carbocycles. The summed E-state index contributed by atoms with van der Waals surface area (Å²) >= 11 is 0. The number of aryl methyl sites for hydroxylation is 4. The van der Waals surface area contributed by atoms with Gasteiger partial charge in [0.05, 0.1) is 22.2 Å². The summed E-state index contributed by atoms with van der Waals surface area (Å²) < 4.78 is 10.5. The van der Waals surface area contributed by atoms with Crippen LogP contribution in [0.2, 0.25) is 0 Å². The van der Waals surface area contributed by atoms with Crippen LogP contribution in [0.3, 0.4) is 0 Å². The van der Waals surface area contributed by atoms with Gasteiger partial charge in [-0.2, -0.15) is 0 Å². The zero-order valence-electron chi connectivity index (χ0n) is 21.3. The lowest BCUT2D eigenvalue weighted by molar-refractivity contribution is -0.136. The number of carbonyl (C=O) groups is 2. The number of rotatable bonds is 9. The molecule has 2 heterocycles. The molecule has 8 heteroatoms. The fourth-order valence-electron chi connectivity index (χ4n) is 4.82. The standard InChI is InChI=1S/C24H38N4O4/c1-15-19(17(3)31-25-15)23(5,6)21(29)27(9)13-11-12-14-28(10)22(30)24(7,8)20-16(2)26-32-18(20)4/h11-14H2,1-10H3. The van der Waals surface area contributed by atoms with E-state index in [0.29, 0.717) is 24.6 Å². The van der Waals surface area contributed by atoms with Crippen molar-refractivity contribution in [2.75, 3.05) is 27.2 Å². The average Bonchev–Trinajstić information content (AvgIpc) is 3.24. The second-order valence-electron chi connectivity index (χ2n) is 9.81. The van der Waals surface area contributed by atoms with Gasteiger partial charge in [-0.1, -0.05) is 10.3 Å². The quantitative estimate of drug-likeness (QED) is 0.543. The maximum Gasteiger partial charge on any atom is 0.232 e. The monoisotopic (exact) mass is 446 g/mol. The topological polar surface area (TPSA) is 92.7 Å². The van der Waals surface area contributed by atoms with Gasteiger partial charge in [0.2, 0.25) is 11.8 Å². The molecule has 2 rings (SSSR count). The van der Waals surface area contributed by atoms with Crippen LogP contribution in [0.1, 0.15) is 74.6 Å².